The van der Waals surface area contributed by atoms with Gasteiger partial charge in [-0.05, 0) is 32.9 Å². The summed E-state index contributed by atoms with van der Waals surface area (Å²) in [5.41, 5.74) is 5.83. The Labute approximate surface area is 98.8 Å². The zero-order valence-corrected chi connectivity index (χ0v) is 10.8. The van der Waals surface area contributed by atoms with Crippen LogP contribution in [0.15, 0.2) is 0 Å². The lowest BCUT2D eigenvalue weighted by molar-refractivity contribution is -0.132. The average molecular weight is 227 g/mol. The normalized spacial score (nSPS) is 23.4. The number of hydrogen-bond acceptors (Lipinski definition) is 3. The van der Waals surface area contributed by atoms with Gasteiger partial charge >= 0.3 is 0 Å². The summed E-state index contributed by atoms with van der Waals surface area (Å²) in [6.07, 6.45) is 4.18. The van der Waals surface area contributed by atoms with Gasteiger partial charge in [-0.15, -0.1) is 0 Å². The Kier molecular flexibility index (Phi) is 5.22. The fourth-order valence-corrected chi connectivity index (χ4v) is 2.33. The van der Waals surface area contributed by atoms with Crippen LogP contribution in [-0.4, -0.2) is 55.0 Å². The molecule has 1 aliphatic rings. The van der Waals surface area contributed by atoms with Crippen molar-refractivity contribution in [2.75, 3.05) is 27.2 Å². The third-order valence-corrected chi connectivity index (χ3v) is 3.45. The fraction of sp³-hybridized carbons (Fsp3) is 0.917. The second kappa shape index (κ2) is 6.21. The number of carbonyl (C=O) groups is 1. The van der Waals surface area contributed by atoms with Gasteiger partial charge in [0.15, 0.2) is 0 Å². The summed E-state index contributed by atoms with van der Waals surface area (Å²) in [6, 6.07) is 0.199. The van der Waals surface area contributed by atoms with E-state index in [4.69, 9.17) is 5.73 Å². The molecule has 1 heterocycles. The number of rotatable bonds is 5. The molecule has 1 aliphatic heterocycles. The lowest BCUT2D eigenvalue weighted by Gasteiger charge is -2.27. The summed E-state index contributed by atoms with van der Waals surface area (Å²) >= 11 is 0. The molecule has 1 unspecified atom stereocenters. The van der Waals surface area contributed by atoms with E-state index < -0.39 is 0 Å². The molecule has 16 heavy (non-hydrogen) atoms. The predicted molar refractivity (Wildman–Crippen MR) is 66.2 cm³/mol. The summed E-state index contributed by atoms with van der Waals surface area (Å²) in [5, 5.41) is 0. The van der Waals surface area contributed by atoms with E-state index >= 15 is 0 Å². The zero-order chi connectivity index (χ0) is 12.1. The van der Waals surface area contributed by atoms with Crippen LogP contribution in [0.25, 0.3) is 0 Å². The number of carbonyl (C=O) groups excluding carboxylic acids is 1. The van der Waals surface area contributed by atoms with Crippen molar-refractivity contribution in [3.8, 4) is 0 Å². The molecule has 0 bridgehead atoms. The van der Waals surface area contributed by atoms with Crippen molar-refractivity contribution < 1.29 is 4.79 Å². The van der Waals surface area contributed by atoms with Crippen molar-refractivity contribution in [2.24, 2.45) is 5.73 Å². The second-order valence-electron chi connectivity index (χ2n) is 4.89. The Morgan fingerprint density at radius 1 is 1.62 bits per heavy atom. The van der Waals surface area contributed by atoms with Gasteiger partial charge in [0.2, 0.25) is 5.91 Å². The number of hydrogen-bond donors (Lipinski definition) is 1. The molecule has 94 valence electrons. The van der Waals surface area contributed by atoms with Crippen LogP contribution < -0.4 is 5.73 Å². The van der Waals surface area contributed by atoms with Gasteiger partial charge in [0.25, 0.3) is 0 Å². The van der Waals surface area contributed by atoms with E-state index in [2.05, 4.69) is 18.9 Å². The van der Waals surface area contributed by atoms with Crippen LogP contribution in [0, 0.1) is 0 Å². The minimum atomic E-state index is -0.318. The van der Waals surface area contributed by atoms with Crippen molar-refractivity contribution >= 4 is 5.91 Å². The number of likely N-dealkylation sites (N-methyl/N-ethyl adjacent to an activating group) is 2. The molecule has 0 aromatic heterocycles. The molecule has 0 spiro atoms. The number of nitrogens with zero attached hydrogens (tertiary/aromatic N) is 2. The second-order valence-corrected chi connectivity index (χ2v) is 4.89. The van der Waals surface area contributed by atoms with Crippen molar-refractivity contribution in [3.63, 3.8) is 0 Å². The van der Waals surface area contributed by atoms with Crippen LogP contribution in [0.3, 0.4) is 0 Å². The third-order valence-electron chi connectivity index (χ3n) is 3.45. The highest BCUT2D eigenvalue weighted by atomic mass is 16.2. The number of likely N-dealkylation sites (tertiary alicyclic amines) is 1. The topological polar surface area (TPSA) is 49.6 Å². The molecule has 4 nitrogen and oxygen atoms in total. The first-order valence-electron chi connectivity index (χ1n) is 6.27. The van der Waals surface area contributed by atoms with Gasteiger partial charge in [-0.1, -0.05) is 13.3 Å². The van der Waals surface area contributed by atoms with Crippen LogP contribution in [0.4, 0.5) is 0 Å². The van der Waals surface area contributed by atoms with E-state index in [0.29, 0.717) is 6.04 Å². The Bertz CT molecular complexity index is 232. The minimum absolute atomic E-state index is 0.0853. The van der Waals surface area contributed by atoms with Gasteiger partial charge in [-0.3, -0.25) is 4.79 Å². The van der Waals surface area contributed by atoms with E-state index in [9.17, 15) is 4.79 Å². The predicted octanol–water partition coefficient (Wildman–Crippen LogP) is 0.666. The molecule has 2 N–H and O–H groups in total. The Balaban J connectivity index is 2.38. The molecule has 0 aliphatic carbocycles. The van der Waals surface area contributed by atoms with Crippen molar-refractivity contribution in [2.45, 2.75) is 44.7 Å². The van der Waals surface area contributed by atoms with Crippen LogP contribution in [-0.2, 0) is 4.79 Å². The number of amides is 1. The molecule has 2 atom stereocenters. The maximum atomic E-state index is 11.9. The van der Waals surface area contributed by atoms with E-state index in [1.165, 1.54) is 12.8 Å². The number of nitrogens with two attached hydrogens (primary N) is 1. The van der Waals surface area contributed by atoms with Crippen LogP contribution in [0.2, 0.25) is 0 Å². The Hall–Kier alpha value is -0.610. The molecule has 1 fully saturated rings. The summed E-state index contributed by atoms with van der Waals surface area (Å²) in [6.45, 7) is 4.01. The van der Waals surface area contributed by atoms with E-state index in [1.807, 2.05) is 7.05 Å². The fourth-order valence-electron chi connectivity index (χ4n) is 2.33. The highest BCUT2D eigenvalue weighted by Crippen LogP contribution is 2.15. The molecule has 0 aromatic rings. The SMILES string of the molecule is CCC[C@H](N)C(=O)N(C)CC1CCCN1C. The molecular formula is C12H25N3O. The molecule has 4 heteroatoms. The van der Waals surface area contributed by atoms with Crippen LogP contribution in [0.5, 0.6) is 0 Å². The summed E-state index contributed by atoms with van der Waals surface area (Å²) in [5.74, 6) is 0.0853. The zero-order valence-electron chi connectivity index (χ0n) is 10.8. The maximum absolute atomic E-state index is 11.9. The summed E-state index contributed by atoms with van der Waals surface area (Å²) < 4.78 is 0. The Morgan fingerprint density at radius 3 is 2.81 bits per heavy atom. The highest BCUT2D eigenvalue weighted by Gasteiger charge is 2.25. The van der Waals surface area contributed by atoms with E-state index in [0.717, 1.165) is 25.9 Å². The van der Waals surface area contributed by atoms with Gasteiger partial charge < -0.3 is 15.5 Å². The standard InChI is InChI=1S/C12H25N3O/c1-4-6-11(13)12(16)15(3)9-10-7-5-8-14(10)2/h10-11H,4-9,13H2,1-3H3/t10?,11-/m0/s1. The summed E-state index contributed by atoms with van der Waals surface area (Å²) in [7, 11) is 3.99. The Morgan fingerprint density at radius 2 is 2.31 bits per heavy atom. The van der Waals surface area contributed by atoms with Gasteiger partial charge in [0, 0.05) is 19.6 Å². The van der Waals surface area contributed by atoms with Gasteiger partial charge in [0.1, 0.15) is 0 Å². The van der Waals surface area contributed by atoms with Crippen molar-refractivity contribution in [1.82, 2.24) is 9.80 Å². The molecule has 1 amide bonds. The largest absolute Gasteiger partial charge is 0.343 e. The first-order valence-corrected chi connectivity index (χ1v) is 6.27. The van der Waals surface area contributed by atoms with Gasteiger partial charge in [-0.25, -0.2) is 0 Å². The van der Waals surface area contributed by atoms with Crippen LogP contribution in [0.1, 0.15) is 32.6 Å². The lowest BCUT2D eigenvalue weighted by atomic mass is 10.1. The monoisotopic (exact) mass is 227 g/mol. The lowest BCUT2D eigenvalue weighted by Crippen LogP contribution is -2.46. The van der Waals surface area contributed by atoms with E-state index in [-0.39, 0.29) is 11.9 Å². The molecule has 0 saturated carbocycles. The van der Waals surface area contributed by atoms with Crippen molar-refractivity contribution in [3.05, 3.63) is 0 Å². The smallest absolute Gasteiger partial charge is 0.239 e. The third kappa shape index (κ3) is 3.46. The maximum Gasteiger partial charge on any atom is 0.239 e. The summed E-state index contributed by atoms with van der Waals surface area (Å²) in [4.78, 5) is 16.0. The molecule has 0 aromatic carbocycles. The van der Waals surface area contributed by atoms with Crippen molar-refractivity contribution in [1.29, 1.82) is 0 Å². The average Bonchev–Trinajstić information content (AvgIpc) is 2.63. The molecule has 0 radical (unpaired) electrons. The van der Waals surface area contributed by atoms with E-state index in [1.54, 1.807) is 4.90 Å². The quantitative estimate of drug-likeness (QED) is 0.751. The van der Waals surface area contributed by atoms with Gasteiger partial charge in [-0.2, -0.15) is 0 Å². The first kappa shape index (κ1) is 13.5. The first-order chi connectivity index (χ1) is 7.56. The molecule has 1 saturated heterocycles. The minimum Gasteiger partial charge on any atom is -0.343 e. The molecular weight excluding hydrogens is 202 g/mol. The molecule has 1 rings (SSSR count). The highest BCUT2D eigenvalue weighted by molar-refractivity contribution is 5.81. The van der Waals surface area contributed by atoms with Gasteiger partial charge in [0.05, 0.1) is 6.04 Å². The van der Waals surface area contributed by atoms with Crippen LogP contribution >= 0.6 is 0 Å².